The van der Waals surface area contributed by atoms with E-state index < -0.39 is 0 Å². The van der Waals surface area contributed by atoms with Crippen molar-refractivity contribution in [1.82, 2.24) is 4.90 Å². The first-order chi connectivity index (χ1) is 8.36. The Kier molecular flexibility index (Phi) is 5.45. The predicted octanol–water partition coefficient (Wildman–Crippen LogP) is 1.31. The molecule has 2 N–H and O–H groups in total. The predicted molar refractivity (Wildman–Crippen MR) is 73.6 cm³/mol. The van der Waals surface area contributed by atoms with Gasteiger partial charge in [-0.15, -0.1) is 0 Å². The lowest BCUT2D eigenvalue weighted by Gasteiger charge is -2.27. The zero-order valence-electron chi connectivity index (χ0n) is 10.4. The van der Waals surface area contributed by atoms with Crippen molar-refractivity contribution >= 4 is 17.7 Å². The monoisotopic (exact) mass is 257 g/mol. The van der Waals surface area contributed by atoms with E-state index in [2.05, 4.69) is 9.89 Å². The van der Waals surface area contributed by atoms with Gasteiger partial charge in [0.15, 0.2) is 5.96 Å². The summed E-state index contributed by atoms with van der Waals surface area (Å²) in [6, 6.07) is 0. The van der Waals surface area contributed by atoms with E-state index in [-0.39, 0.29) is 0 Å². The van der Waals surface area contributed by atoms with Gasteiger partial charge in [0.05, 0.1) is 6.10 Å². The van der Waals surface area contributed by atoms with Crippen LogP contribution in [0.4, 0.5) is 0 Å². The highest BCUT2D eigenvalue weighted by Crippen LogP contribution is 2.15. The second-order valence-electron chi connectivity index (χ2n) is 4.62. The molecule has 2 rings (SSSR count). The van der Waals surface area contributed by atoms with Crippen LogP contribution in [0.1, 0.15) is 25.7 Å². The lowest BCUT2D eigenvalue weighted by molar-refractivity contribution is 0.0129. The first-order valence-electron chi connectivity index (χ1n) is 6.60. The number of nitrogens with zero attached hydrogens (tertiary/aromatic N) is 2. The maximum atomic E-state index is 5.99. The van der Waals surface area contributed by atoms with Crippen LogP contribution in [-0.4, -0.2) is 54.7 Å². The molecule has 5 heteroatoms. The van der Waals surface area contributed by atoms with Gasteiger partial charge in [0.25, 0.3) is 0 Å². The molecule has 1 atom stereocenters. The van der Waals surface area contributed by atoms with Gasteiger partial charge in [0, 0.05) is 37.7 Å². The van der Waals surface area contributed by atoms with E-state index in [0.29, 0.717) is 6.10 Å². The molecule has 2 aliphatic rings. The van der Waals surface area contributed by atoms with E-state index in [4.69, 9.17) is 10.5 Å². The highest BCUT2D eigenvalue weighted by atomic mass is 32.2. The molecule has 17 heavy (non-hydrogen) atoms. The van der Waals surface area contributed by atoms with Crippen molar-refractivity contribution in [3.63, 3.8) is 0 Å². The van der Waals surface area contributed by atoms with Crippen LogP contribution in [0, 0.1) is 0 Å². The average molecular weight is 257 g/mol. The van der Waals surface area contributed by atoms with E-state index in [9.17, 15) is 0 Å². The second kappa shape index (κ2) is 7.11. The van der Waals surface area contributed by atoms with E-state index in [0.717, 1.165) is 38.6 Å². The molecule has 0 bridgehead atoms. The summed E-state index contributed by atoms with van der Waals surface area (Å²) in [5.74, 6) is 3.06. The van der Waals surface area contributed by atoms with Gasteiger partial charge < -0.3 is 15.4 Å². The Hall–Kier alpha value is -0.420. The molecule has 2 fully saturated rings. The van der Waals surface area contributed by atoms with Crippen molar-refractivity contribution in [2.24, 2.45) is 10.7 Å². The fourth-order valence-corrected chi connectivity index (χ4v) is 3.15. The third kappa shape index (κ3) is 4.39. The lowest BCUT2D eigenvalue weighted by Crippen LogP contribution is -2.42. The average Bonchev–Trinajstić information content (AvgIpc) is 2.41. The summed E-state index contributed by atoms with van der Waals surface area (Å²) in [6.07, 6.45) is 5.14. The largest absolute Gasteiger partial charge is 0.378 e. The minimum Gasteiger partial charge on any atom is -0.378 e. The summed E-state index contributed by atoms with van der Waals surface area (Å²) in [7, 11) is 0. The van der Waals surface area contributed by atoms with Crippen LogP contribution in [0.5, 0.6) is 0 Å². The van der Waals surface area contributed by atoms with Gasteiger partial charge in [0.2, 0.25) is 0 Å². The second-order valence-corrected chi connectivity index (χ2v) is 5.84. The lowest BCUT2D eigenvalue weighted by atomic mass is 10.1. The van der Waals surface area contributed by atoms with Crippen LogP contribution < -0.4 is 5.73 Å². The van der Waals surface area contributed by atoms with Crippen LogP contribution in [0.25, 0.3) is 0 Å². The molecule has 0 aromatic heterocycles. The molecule has 98 valence electrons. The first kappa shape index (κ1) is 13.0. The zero-order chi connectivity index (χ0) is 11.9. The Balaban J connectivity index is 1.67. The van der Waals surface area contributed by atoms with Gasteiger partial charge in [0.1, 0.15) is 0 Å². The summed E-state index contributed by atoms with van der Waals surface area (Å²) in [4.78, 5) is 6.67. The van der Waals surface area contributed by atoms with Gasteiger partial charge in [-0.05, 0) is 25.7 Å². The van der Waals surface area contributed by atoms with Crippen LogP contribution in [0.2, 0.25) is 0 Å². The minimum absolute atomic E-state index is 0.414. The number of rotatable bonds is 3. The molecular formula is C12H23N3OS. The maximum absolute atomic E-state index is 5.99. The normalized spacial score (nSPS) is 27.2. The molecular weight excluding hydrogens is 234 g/mol. The molecule has 0 aromatic carbocycles. The van der Waals surface area contributed by atoms with Gasteiger partial charge in [-0.2, -0.15) is 11.8 Å². The third-order valence-corrected chi connectivity index (χ3v) is 4.28. The number of ether oxygens (including phenoxy) is 1. The summed E-state index contributed by atoms with van der Waals surface area (Å²) in [6.45, 7) is 3.81. The van der Waals surface area contributed by atoms with E-state index in [1.54, 1.807) is 0 Å². The van der Waals surface area contributed by atoms with Gasteiger partial charge in [-0.3, -0.25) is 4.99 Å². The van der Waals surface area contributed by atoms with Crippen molar-refractivity contribution in [3.8, 4) is 0 Å². The van der Waals surface area contributed by atoms with Gasteiger partial charge in [-0.25, -0.2) is 0 Å². The fourth-order valence-electron chi connectivity index (χ4n) is 2.25. The van der Waals surface area contributed by atoms with E-state index in [1.807, 2.05) is 11.8 Å². The number of thioether (sulfide) groups is 1. The Bertz CT molecular complexity index is 248. The Morgan fingerprint density at radius 1 is 1.35 bits per heavy atom. The molecule has 0 aromatic rings. The molecule has 2 saturated heterocycles. The Morgan fingerprint density at radius 2 is 2.18 bits per heavy atom. The standard InChI is InChI=1S/C12H23N3OS/c13-12(15-6-9-17-10-7-15)14-5-4-11-3-1-2-8-16-11/h11H,1-10H2,(H2,13,14). The molecule has 0 saturated carbocycles. The molecule has 1 unspecified atom stereocenters. The zero-order valence-corrected chi connectivity index (χ0v) is 11.3. The minimum atomic E-state index is 0.414. The van der Waals surface area contributed by atoms with Gasteiger partial charge >= 0.3 is 0 Å². The maximum Gasteiger partial charge on any atom is 0.191 e. The number of hydrogen-bond donors (Lipinski definition) is 1. The smallest absolute Gasteiger partial charge is 0.191 e. The van der Waals surface area contributed by atoms with Crippen molar-refractivity contribution in [1.29, 1.82) is 0 Å². The number of hydrogen-bond acceptors (Lipinski definition) is 3. The first-order valence-corrected chi connectivity index (χ1v) is 7.76. The van der Waals surface area contributed by atoms with Crippen LogP contribution in [-0.2, 0) is 4.74 Å². The Morgan fingerprint density at radius 3 is 2.88 bits per heavy atom. The number of guanidine groups is 1. The van der Waals surface area contributed by atoms with E-state index >= 15 is 0 Å². The van der Waals surface area contributed by atoms with Crippen molar-refractivity contribution in [2.45, 2.75) is 31.8 Å². The number of aliphatic imine (C=N–C) groups is 1. The SMILES string of the molecule is NC(=NCCC1CCCCO1)N1CCSCC1. The van der Waals surface area contributed by atoms with Gasteiger partial charge in [-0.1, -0.05) is 0 Å². The van der Waals surface area contributed by atoms with Crippen LogP contribution >= 0.6 is 11.8 Å². The summed E-state index contributed by atoms with van der Waals surface area (Å²) < 4.78 is 5.68. The fraction of sp³-hybridized carbons (Fsp3) is 0.917. The molecule has 0 radical (unpaired) electrons. The van der Waals surface area contributed by atoms with Crippen LogP contribution in [0.15, 0.2) is 4.99 Å². The van der Waals surface area contributed by atoms with Crippen LogP contribution in [0.3, 0.4) is 0 Å². The highest BCUT2D eigenvalue weighted by molar-refractivity contribution is 7.99. The molecule has 0 aliphatic carbocycles. The topological polar surface area (TPSA) is 50.9 Å². The number of nitrogens with two attached hydrogens (primary N) is 1. The van der Waals surface area contributed by atoms with Crippen molar-refractivity contribution < 1.29 is 4.74 Å². The highest BCUT2D eigenvalue weighted by Gasteiger charge is 2.14. The summed E-state index contributed by atoms with van der Waals surface area (Å²) >= 11 is 1.99. The molecule has 4 nitrogen and oxygen atoms in total. The molecule has 0 amide bonds. The third-order valence-electron chi connectivity index (χ3n) is 3.33. The quantitative estimate of drug-likeness (QED) is 0.612. The van der Waals surface area contributed by atoms with Crippen molar-refractivity contribution in [2.75, 3.05) is 37.7 Å². The molecule has 2 aliphatic heterocycles. The van der Waals surface area contributed by atoms with Crippen molar-refractivity contribution in [3.05, 3.63) is 0 Å². The summed E-state index contributed by atoms with van der Waals surface area (Å²) in [5.41, 5.74) is 5.99. The summed E-state index contributed by atoms with van der Waals surface area (Å²) in [5, 5.41) is 0. The van der Waals surface area contributed by atoms with E-state index in [1.165, 1.54) is 30.8 Å². The Labute approximate surface area is 108 Å². The molecule has 2 heterocycles. The molecule has 0 spiro atoms.